The van der Waals surface area contributed by atoms with Crippen LogP contribution in [0.25, 0.3) is 15.8 Å². The van der Waals surface area contributed by atoms with Gasteiger partial charge in [-0.05, 0) is 24.3 Å². The number of hydrogen-bond donors (Lipinski definition) is 1. The smallest absolute Gasteiger partial charge is 0.273 e. The van der Waals surface area contributed by atoms with Gasteiger partial charge in [0.15, 0.2) is 0 Å². The summed E-state index contributed by atoms with van der Waals surface area (Å²) in [6.45, 7) is 0. The molecule has 3 nitrogen and oxygen atoms in total. The van der Waals surface area contributed by atoms with Gasteiger partial charge in [-0.3, -0.25) is 4.79 Å². The molecular formula is C13H9FN2OS. The molecule has 0 aliphatic rings. The Bertz CT molecular complexity index is 791. The minimum absolute atomic E-state index is 0.173. The molecule has 3 aromatic rings. The normalized spacial score (nSPS) is 10.9. The van der Waals surface area contributed by atoms with E-state index in [-0.39, 0.29) is 5.56 Å². The molecule has 18 heavy (non-hydrogen) atoms. The highest BCUT2D eigenvalue weighted by molar-refractivity contribution is 7.14. The number of anilines is 1. The summed E-state index contributed by atoms with van der Waals surface area (Å²) in [5.41, 5.74) is 6.39. The molecule has 0 atom stereocenters. The van der Waals surface area contributed by atoms with Crippen molar-refractivity contribution in [2.45, 2.75) is 0 Å². The number of benzene rings is 2. The summed E-state index contributed by atoms with van der Waals surface area (Å²) in [4.78, 5) is 12.2. The fourth-order valence-electron chi connectivity index (χ4n) is 1.82. The number of hydrogen-bond acceptors (Lipinski definition) is 3. The van der Waals surface area contributed by atoms with Gasteiger partial charge in [-0.1, -0.05) is 23.7 Å². The van der Waals surface area contributed by atoms with Crippen molar-refractivity contribution in [2.75, 3.05) is 5.73 Å². The van der Waals surface area contributed by atoms with Crippen LogP contribution in [0.4, 0.5) is 10.1 Å². The third kappa shape index (κ3) is 1.60. The molecule has 0 amide bonds. The van der Waals surface area contributed by atoms with Gasteiger partial charge in [0, 0.05) is 6.07 Å². The van der Waals surface area contributed by atoms with Crippen LogP contribution in [0.15, 0.2) is 47.3 Å². The summed E-state index contributed by atoms with van der Waals surface area (Å²) in [6.07, 6.45) is 0. The van der Waals surface area contributed by atoms with E-state index in [1.54, 1.807) is 12.1 Å². The zero-order valence-electron chi connectivity index (χ0n) is 9.26. The lowest BCUT2D eigenvalue weighted by Crippen LogP contribution is -2.12. The van der Waals surface area contributed by atoms with Gasteiger partial charge in [0.25, 0.3) is 5.56 Å². The molecule has 0 radical (unpaired) electrons. The molecule has 3 rings (SSSR count). The van der Waals surface area contributed by atoms with Gasteiger partial charge in [-0.2, -0.15) is 0 Å². The highest BCUT2D eigenvalue weighted by Gasteiger charge is 2.11. The van der Waals surface area contributed by atoms with Crippen molar-refractivity contribution in [1.82, 2.24) is 3.96 Å². The molecule has 2 N–H and O–H groups in total. The molecule has 90 valence electrons. The zero-order valence-corrected chi connectivity index (χ0v) is 10.1. The van der Waals surface area contributed by atoms with E-state index in [4.69, 9.17) is 5.73 Å². The molecule has 2 aromatic carbocycles. The Labute approximate surface area is 106 Å². The van der Waals surface area contributed by atoms with Crippen molar-refractivity contribution in [1.29, 1.82) is 0 Å². The Morgan fingerprint density at radius 2 is 1.94 bits per heavy atom. The second kappa shape index (κ2) is 3.96. The number of nitrogens with zero attached hydrogens (tertiary/aromatic N) is 1. The SMILES string of the molecule is Nc1ccc(F)cc1-n1sc2ccccc2c1=O. The monoisotopic (exact) mass is 260 g/mol. The zero-order chi connectivity index (χ0) is 12.7. The number of nitrogens with two attached hydrogens (primary N) is 1. The molecule has 0 aliphatic carbocycles. The van der Waals surface area contributed by atoms with Crippen LogP contribution in [0.1, 0.15) is 0 Å². The Morgan fingerprint density at radius 1 is 1.17 bits per heavy atom. The van der Waals surface area contributed by atoms with Gasteiger partial charge in [-0.15, -0.1) is 0 Å². The van der Waals surface area contributed by atoms with Crippen molar-refractivity contribution in [2.24, 2.45) is 0 Å². The largest absolute Gasteiger partial charge is 0.397 e. The lowest BCUT2D eigenvalue weighted by molar-refractivity contribution is 0.627. The Morgan fingerprint density at radius 3 is 2.72 bits per heavy atom. The highest BCUT2D eigenvalue weighted by Crippen LogP contribution is 2.23. The van der Waals surface area contributed by atoms with Crippen molar-refractivity contribution in [3.8, 4) is 5.69 Å². The molecule has 0 saturated carbocycles. The first-order chi connectivity index (χ1) is 8.66. The lowest BCUT2D eigenvalue weighted by Gasteiger charge is -2.04. The number of fused-ring (bicyclic) bond motifs is 1. The average Bonchev–Trinajstić information content (AvgIpc) is 2.71. The van der Waals surface area contributed by atoms with Crippen LogP contribution < -0.4 is 11.3 Å². The number of halogens is 1. The maximum absolute atomic E-state index is 13.3. The van der Waals surface area contributed by atoms with E-state index in [9.17, 15) is 9.18 Å². The first-order valence-electron chi connectivity index (χ1n) is 5.33. The summed E-state index contributed by atoms with van der Waals surface area (Å²) < 4.78 is 15.5. The summed E-state index contributed by atoms with van der Waals surface area (Å²) >= 11 is 1.26. The topological polar surface area (TPSA) is 48.0 Å². The molecule has 0 aliphatic heterocycles. The van der Waals surface area contributed by atoms with Gasteiger partial charge in [0.05, 0.1) is 21.5 Å². The van der Waals surface area contributed by atoms with Crippen LogP contribution in [-0.4, -0.2) is 3.96 Å². The van der Waals surface area contributed by atoms with Crippen molar-refractivity contribution in [3.05, 3.63) is 58.6 Å². The molecule has 1 aromatic heterocycles. The number of aromatic nitrogens is 1. The Balaban J connectivity index is 2.35. The van der Waals surface area contributed by atoms with Crippen LogP contribution in [0.3, 0.4) is 0 Å². The van der Waals surface area contributed by atoms with Gasteiger partial charge in [-0.25, -0.2) is 8.35 Å². The quantitative estimate of drug-likeness (QED) is 0.684. The molecular weight excluding hydrogens is 251 g/mol. The van der Waals surface area contributed by atoms with Crippen LogP contribution in [0.2, 0.25) is 0 Å². The summed E-state index contributed by atoms with van der Waals surface area (Å²) in [6, 6.07) is 11.3. The average molecular weight is 260 g/mol. The van der Waals surface area contributed by atoms with Crippen molar-refractivity contribution in [3.63, 3.8) is 0 Å². The Kier molecular flexibility index (Phi) is 2.41. The molecule has 0 spiro atoms. The molecule has 0 fully saturated rings. The van der Waals surface area contributed by atoms with Crippen LogP contribution >= 0.6 is 11.5 Å². The minimum Gasteiger partial charge on any atom is -0.397 e. The third-order valence-electron chi connectivity index (χ3n) is 2.70. The van der Waals surface area contributed by atoms with E-state index < -0.39 is 5.82 Å². The predicted octanol–water partition coefficient (Wildman–Crippen LogP) is 2.77. The molecule has 5 heteroatoms. The first kappa shape index (κ1) is 11.0. The molecule has 1 heterocycles. The van der Waals surface area contributed by atoms with Crippen molar-refractivity contribution >= 4 is 27.3 Å². The van der Waals surface area contributed by atoms with E-state index in [0.29, 0.717) is 16.8 Å². The predicted molar refractivity (Wildman–Crippen MR) is 71.8 cm³/mol. The van der Waals surface area contributed by atoms with E-state index in [1.165, 1.54) is 33.7 Å². The van der Waals surface area contributed by atoms with E-state index in [0.717, 1.165) is 4.70 Å². The lowest BCUT2D eigenvalue weighted by atomic mass is 10.2. The maximum Gasteiger partial charge on any atom is 0.273 e. The maximum atomic E-state index is 13.3. The van der Waals surface area contributed by atoms with Gasteiger partial charge in [0.1, 0.15) is 5.82 Å². The van der Waals surface area contributed by atoms with E-state index in [1.807, 2.05) is 12.1 Å². The summed E-state index contributed by atoms with van der Waals surface area (Å²) in [5.74, 6) is -0.413. The number of rotatable bonds is 1. The second-order valence-electron chi connectivity index (χ2n) is 3.89. The fourth-order valence-corrected chi connectivity index (χ4v) is 2.85. The highest BCUT2D eigenvalue weighted by atomic mass is 32.1. The van der Waals surface area contributed by atoms with Crippen molar-refractivity contribution < 1.29 is 4.39 Å². The number of nitrogen functional groups attached to an aromatic ring is 1. The van der Waals surface area contributed by atoms with Crippen LogP contribution in [-0.2, 0) is 0 Å². The molecule has 0 unspecified atom stereocenters. The fraction of sp³-hybridized carbons (Fsp3) is 0. The third-order valence-corrected chi connectivity index (χ3v) is 3.80. The summed E-state index contributed by atoms with van der Waals surface area (Å²) in [5, 5.41) is 0.617. The van der Waals surface area contributed by atoms with Crippen LogP contribution in [0.5, 0.6) is 0 Å². The van der Waals surface area contributed by atoms with Crippen LogP contribution in [0, 0.1) is 5.82 Å². The Hall–Kier alpha value is -2.14. The first-order valence-corrected chi connectivity index (χ1v) is 6.10. The van der Waals surface area contributed by atoms with Gasteiger partial charge >= 0.3 is 0 Å². The molecule has 0 bridgehead atoms. The standard InChI is InChI=1S/C13H9FN2OS/c14-8-5-6-10(15)11(7-8)16-13(17)9-3-1-2-4-12(9)18-16/h1-7H,15H2. The second-order valence-corrected chi connectivity index (χ2v) is 4.88. The summed E-state index contributed by atoms with van der Waals surface area (Å²) in [7, 11) is 0. The van der Waals surface area contributed by atoms with E-state index >= 15 is 0 Å². The minimum atomic E-state index is -0.413. The molecule has 0 saturated heterocycles. The van der Waals surface area contributed by atoms with E-state index in [2.05, 4.69) is 0 Å². The van der Waals surface area contributed by atoms with Gasteiger partial charge < -0.3 is 5.73 Å². The van der Waals surface area contributed by atoms with Gasteiger partial charge in [0.2, 0.25) is 0 Å².